The molecule has 0 radical (unpaired) electrons. The lowest BCUT2D eigenvalue weighted by molar-refractivity contribution is 0.0932. The van der Waals surface area contributed by atoms with Crippen molar-refractivity contribution >= 4 is 49.1 Å². The summed E-state index contributed by atoms with van der Waals surface area (Å²) >= 11 is 8.58. The van der Waals surface area contributed by atoms with E-state index in [0.717, 1.165) is 39.9 Å². The van der Waals surface area contributed by atoms with Gasteiger partial charge in [0.1, 0.15) is 0 Å². The summed E-state index contributed by atoms with van der Waals surface area (Å²) in [5, 5.41) is 3.13. The number of hydrogen-bond donors (Lipinski definition) is 1. The summed E-state index contributed by atoms with van der Waals surface area (Å²) in [7, 11) is 0. The number of rotatable bonds is 2. The summed E-state index contributed by atoms with van der Waals surface area (Å²) in [6, 6.07) is 2.29. The van der Waals surface area contributed by atoms with Crippen molar-refractivity contribution in [2.45, 2.75) is 43.5 Å². The number of alkyl halides is 1. The zero-order valence-electron chi connectivity index (χ0n) is 9.63. The fourth-order valence-corrected chi connectivity index (χ4v) is 3.99. The Bertz CT molecular complexity index is 391. The maximum Gasteiger partial charge on any atom is 0.261 e. The summed E-state index contributed by atoms with van der Waals surface area (Å²) in [4.78, 5) is 13.5. The van der Waals surface area contributed by atoms with E-state index in [0.29, 0.717) is 10.9 Å². The first kappa shape index (κ1) is 13.6. The Kier molecular flexibility index (Phi) is 4.66. The molecule has 2 rings (SSSR count). The van der Waals surface area contributed by atoms with Gasteiger partial charge in [-0.2, -0.15) is 0 Å². The minimum absolute atomic E-state index is 0.0711. The molecule has 1 N–H and O–H groups in total. The van der Waals surface area contributed by atoms with Crippen molar-refractivity contribution in [3.8, 4) is 0 Å². The van der Waals surface area contributed by atoms with Gasteiger partial charge in [0.15, 0.2) is 0 Å². The van der Waals surface area contributed by atoms with E-state index < -0.39 is 0 Å². The number of amides is 1. The molecule has 0 unspecified atom stereocenters. The van der Waals surface area contributed by atoms with Gasteiger partial charge in [-0.15, -0.1) is 11.3 Å². The van der Waals surface area contributed by atoms with Crippen molar-refractivity contribution in [3.05, 3.63) is 20.3 Å². The number of thiophene rings is 1. The average molecular weight is 381 g/mol. The molecule has 1 aromatic heterocycles. The molecule has 0 atom stereocenters. The van der Waals surface area contributed by atoms with E-state index in [4.69, 9.17) is 0 Å². The van der Waals surface area contributed by atoms with Gasteiger partial charge in [-0.25, -0.2) is 0 Å². The standard InChI is InChI=1S/C12H15Br2NOS/c1-7-6-10(17-11(7)14)12(16)15-9-4-2-8(13)3-5-9/h6,8-9H,2-5H2,1H3,(H,15,16). The quantitative estimate of drug-likeness (QED) is 0.763. The molecule has 1 aromatic rings. The molecule has 1 aliphatic rings. The highest BCUT2D eigenvalue weighted by Crippen LogP contribution is 2.28. The number of hydrogen-bond acceptors (Lipinski definition) is 2. The predicted octanol–water partition coefficient (Wildman–Crippen LogP) is 4.25. The molecule has 1 amide bonds. The third-order valence-electron chi connectivity index (χ3n) is 3.07. The van der Waals surface area contributed by atoms with E-state index in [1.165, 1.54) is 11.3 Å². The molecule has 17 heavy (non-hydrogen) atoms. The summed E-state index contributed by atoms with van der Waals surface area (Å²) < 4.78 is 1.05. The lowest BCUT2D eigenvalue weighted by Crippen LogP contribution is -2.37. The van der Waals surface area contributed by atoms with Gasteiger partial charge in [-0.3, -0.25) is 4.79 Å². The SMILES string of the molecule is Cc1cc(C(=O)NC2CCC(Br)CC2)sc1Br. The van der Waals surface area contributed by atoms with Crippen LogP contribution in [0, 0.1) is 6.92 Å². The van der Waals surface area contributed by atoms with Crippen LogP contribution in [0.3, 0.4) is 0 Å². The fourth-order valence-electron chi connectivity index (χ4n) is 2.03. The first-order valence-electron chi connectivity index (χ1n) is 5.77. The van der Waals surface area contributed by atoms with Crippen molar-refractivity contribution in [1.29, 1.82) is 0 Å². The summed E-state index contributed by atoms with van der Waals surface area (Å²) in [6.45, 7) is 2.01. The Balaban J connectivity index is 1.93. The topological polar surface area (TPSA) is 29.1 Å². The Morgan fingerprint density at radius 2 is 2.06 bits per heavy atom. The molecule has 1 saturated carbocycles. The van der Waals surface area contributed by atoms with Crippen LogP contribution in [0.1, 0.15) is 40.9 Å². The number of halogens is 2. The maximum absolute atomic E-state index is 12.0. The van der Waals surface area contributed by atoms with Gasteiger partial charge in [0.05, 0.1) is 8.66 Å². The highest BCUT2D eigenvalue weighted by Gasteiger charge is 2.21. The first-order valence-corrected chi connectivity index (χ1v) is 8.29. The van der Waals surface area contributed by atoms with E-state index in [2.05, 4.69) is 37.2 Å². The van der Waals surface area contributed by atoms with E-state index >= 15 is 0 Å². The van der Waals surface area contributed by atoms with Crippen molar-refractivity contribution in [3.63, 3.8) is 0 Å². The molecule has 1 fully saturated rings. The molecular formula is C12H15Br2NOS. The average Bonchev–Trinajstić information content (AvgIpc) is 2.63. The minimum Gasteiger partial charge on any atom is -0.349 e. The van der Waals surface area contributed by atoms with Crippen LogP contribution in [0.4, 0.5) is 0 Å². The molecule has 2 nitrogen and oxygen atoms in total. The van der Waals surface area contributed by atoms with Crippen LogP contribution in [0.2, 0.25) is 0 Å². The van der Waals surface area contributed by atoms with Gasteiger partial charge in [0.2, 0.25) is 0 Å². The van der Waals surface area contributed by atoms with Gasteiger partial charge in [-0.1, -0.05) is 15.9 Å². The Hall–Kier alpha value is 0.130. The molecule has 0 aliphatic heterocycles. The van der Waals surface area contributed by atoms with Crippen LogP contribution >= 0.6 is 43.2 Å². The zero-order chi connectivity index (χ0) is 12.4. The molecule has 5 heteroatoms. The second kappa shape index (κ2) is 5.85. The third-order valence-corrected chi connectivity index (χ3v) is 6.12. The molecule has 0 spiro atoms. The smallest absolute Gasteiger partial charge is 0.261 e. The highest BCUT2D eigenvalue weighted by atomic mass is 79.9. The fraction of sp³-hybridized carbons (Fsp3) is 0.583. The van der Waals surface area contributed by atoms with Crippen LogP contribution in [0.5, 0.6) is 0 Å². The number of aryl methyl sites for hydroxylation is 1. The third kappa shape index (κ3) is 3.55. The number of carbonyl (C=O) groups is 1. The Labute approximate surface area is 122 Å². The van der Waals surface area contributed by atoms with Crippen molar-refractivity contribution in [2.75, 3.05) is 0 Å². The second-order valence-electron chi connectivity index (χ2n) is 4.49. The van der Waals surface area contributed by atoms with Crippen LogP contribution < -0.4 is 5.32 Å². The first-order chi connectivity index (χ1) is 8.06. The lowest BCUT2D eigenvalue weighted by atomic mass is 9.95. The molecular weight excluding hydrogens is 366 g/mol. The van der Waals surface area contributed by atoms with Crippen LogP contribution in [-0.4, -0.2) is 16.8 Å². The lowest BCUT2D eigenvalue weighted by Gasteiger charge is -2.25. The highest BCUT2D eigenvalue weighted by molar-refractivity contribution is 9.11. The second-order valence-corrected chi connectivity index (χ2v) is 8.15. The maximum atomic E-state index is 12.0. The number of carbonyl (C=O) groups excluding carboxylic acids is 1. The minimum atomic E-state index is 0.0711. The van der Waals surface area contributed by atoms with Crippen molar-refractivity contribution in [2.24, 2.45) is 0 Å². The summed E-state index contributed by atoms with van der Waals surface area (Å²) in [6.07, 6.45) is 4.45. The normalized spacial score (nSPS) is 24.6. The van der Waals surface area contributed by atoms with Crippen LogP contribution in [-0.2, 0) is 0 Å². The van der Waals surface area contributed by atoms with Crippen LogP contribution in [0.15, 0.2) is 9.85 Å². The molecule has 1 aliphatic carbocycles. The monoisotopic (exact) mass is 379 g/mol. The molecule has 0 aromatic carbocycles. The summed E-state index contributed by atoms with van der Waals surface area (Å²) in [5.41, 5.74) is 1.13. The van der Waals surface area contributed by atoms with E-state index in [1.54, 1.807) is 0 Å². The Morgan fingerprint density at radius 3 is 2.59 bits per heavy atom. The van der Waals surface area contributed by atoms with Gasteiger partial charge in [-0.05, 0) is 60.2 Å². The van der Waals surface area contributed by atoms with E-state index in [9.17, 15) is 4.79 Å². The molecule has 94 valence electrons. The van der Waals surface area contributed by atoms with Gasteiger partial charge in [0.25, 0.3) is 5.91 Å². The summed E-state index contributed by atoms with van der Waals surface area (Å²) in [5.74, 6) is 0.0711. The zero-order valence-corrected chi connectivity index (χ0v) is 13.6. The van der Waals surface area contributed by atoms with Gasteiger partial charge >= 0.3 is 0 Å². The van der Waals surface area contributed by atoms with Crippen molar-refractivity contribution < 1.29 is 4.79 Å². The molecule has 0 bridgehead atoms. The van der Waals surface area contributed by atoms with Gasteiger partial charge in [0, 0.05) is 10.9 Å². The van der Waals surface area contributed by atoms with E-state index in [-0.39, 0.29) is 5.91 Å². The predicted molar refractivity (Wildman–Crippen MR) is 79.2 cm³/mol. The number of nitrogens with one attached hydrogen (secondary N) is 1. The van der Waals surface area contributed by atoms with Crippen molar-refractivity contribution in [1.82, 2.24) is 5.32 Å². The van der Waals surface area contributed by atoms with Crippen LogP contribution in [0.25, 0.3) is 0 Å². The molecule has 0 saturated heterocycles. The largest absolute Gasteiger partial charge is 0.349 e. The van der Waals surface area contributed by atoms with Gasteiger partial charge < -0.3 is 5.32 Å². The Morgan fingerprint density at radius 1 is 1.41 bits per heavy atom. The molecule has 1 heterocycles. The van der Waals surface area contributed by atoms with E-state index in [1.807, 2.05) is 13.0 Å².